The number of hydrogen-bond donors (Lipinski definition) is 0. The normalized spacial score (nSPS) is 16.1. The second kappa shape index (κ2) is 3.42. The van der Waals surface area contributed by atoms with Crippen LogP contribution in [0.25, 0.3) is 22.9 Å². The molecule has 1 heteroatoms. The van der Waals surface area contributed by atoms with Crippen LogP contribution in [0.3, 0.4) is 0 Å². The number of rotatable bonds is 0. The summed E-state index contributed by atoms with van der Waals surface area (Å²) in [6.07, 6.45) is 10.3. The minimum absolute atomic E-state index is 0.129. The summed E-state index contributed by atoms with van der Waals surface area (Å²) in [6, 6.07) is 8.39. The van der Waals surface area contributed by atoms with Gasteiger partial charge in [0.1, 0.15) is 0 Å². The molecule has 1 nitrogen and oxygen atoms in total. The van der Waals surface area contributed by atoms with Crippen LogP contribution in [0.5, 0.6) is 0 Å². The monoisotopic (exact) mass is 232 g/mol. The molecule has 0 radical (unpaired) electrons. The van der Waals surface area contributed by atoms with Gasteiger partial charge in [-0.25, -0.2) is 0 Å². The summed E-state index contributed by atoms with van der Waals surface area (Å²) in [6.45, 7) is 0. The molecule has 0 N–H and O–H groups in total. The zero-order chi connectivity index (χ0) is 12.1. The quantitative estimate of drug-likeness (QED) is 0.670. The second-order valence-electron chi connectivity index (χ2n) is 4.89. The average Bonchev–Trinajstić information content (AvgIpc) is 2.80. The Morgan fingerprint density at radius 1 is 0.889 bits per heavy atom. The van der Waals surface area contributed by atoms with Crippen molar-refractivity contribution < 1.29 is 4.79 Å². The van der Waals surface area contributed by atoms with E-state index in [1.165, 1.54) is 21.9 Å². The van der Waals surface area contributed by atoms with Gasteiger partial charge in [0.15, 0.2) is 5.78 Å². The van der Waals surface area contributed by atoms with E-state index in [2.05, 4.69) is 30.4 Å². The molecular formula is C17H12O. The number of allylic oxidation sites excluding steroid dienone is 2. The molecule has 0 saturated heterocycles. The van der Waals surface area contributed by atoms with E-state index in [-0.39, 0.29) is 5.78 Å². The number of carbonyl (C=O) groups is 1. The molecule has 0 heterocycles. The van der Waals surface area contributed by atoms with E-state index < -0.39 is 0 Å². The maximum absolute atomic E-state index is 11.7. The zero-order valence-electron chi connectivity index (χ0n) is 9.94. The van der Waals surface area contributed by atoms with Gasteiger partial charge in [-0.05, 0) is 58.5 Å². The number of aryl methyl sites for hydroxylation is 1. The average molecular weight is 232 g/mol. The first-order valence-corrected chi connectivity index (χ1v) is 6.32. The summed E-state index contributed by atoms with van der Waals surface area (Å²) in [5.74, 6) is 0.129. The van der Waals surface area contributed by atoms with Crippen molar-refractivity contribution in [1.82, 2.24) is 0 Å². The van der Waals surface area contributed by atoms with E-state index >= 15 is 0 Å². The molecule has 2 aliphatic carbocycles. The molecule has 0 aromatic heterocycles. The fraction of sp³-hybridized carbons (Fsp3) is 0.118. The van der Waals surface area contributed by atoms with Crippen LogP contribution >= 0.6 is 0 Å². The largest absolute Gasteiger partial charge is 0.289 e. The van der Waals surface area contributed by atoms with Crippen LogP contribution in [-0.2, 0) is 6.42 Å². The molecule has 0 atom stereocenters. The van der Waals surface area contributed by atoms with Crippen LogP contribution in [0.4, 0.5) is 0 Å². The molecular weight excluding hydrogens is 220 g/mol. The first-order valence-electron chi connectivity index (χ1n) is 6.32. The van der Waals surface area contributed by atoms with Crippen molar-refractivity contribution in [3.8, 4) is 0 Å². The molecule has 2 aromatic rings. The Kier molecular flexibility index (Phi) is 1.87. The van der Waals surface area contributed by atoms with E-state index in [1.54, 1.807) is 6.08 Å². The number of carbonyl (C=O) groups excluding carboxylic acids is 1. The van der Waals surface area contributed by atoms with E-state index in [1.807, 2.05) is 12.1 Å². The lowest BCUT2D eigenvalue weighted by atomic mass is 9.89. The lowest BCUT2D eigenvalue weighted by Crippen LogP contribution is -1.98. The van der Waals surface area contributed by atoms with Crippen molar-refractivity contribution in [1.29, 1.82) is 0 Å². The Hall–Kier alpha value is -2.15. The summed E-state index contributed by atoms with van der Waals surface area (Å²) < 4.78 is 0. The molecule has 2 aliphatic rings. The molecule has 0 amide bonds. The van der Waals surface area contributed by atoms with Gasteiger partial charge in [0.2, 0.25) is 0 Å². The van der Waals surface area contributed by atoms with Crippen LogP contribution in [0, 0.1) is 0 Å². The van der Waals surface area contributed by atoms with Gasteiger partial charge < -0.3 is 0 Å². The van der Waals surface area contributed by atoms with Gasteiger partial charge in [-0.1, -0.05) is 30.4 Å². The summed E-state index contributed by atoms with van der Waals surface area (Å²) in [4.78, 5) is 11.7. The number of benzene rings is 2. The Balaban J connectivity index is 2.12. The van der Waals surface area contributed by atoms with Gasteiger partial charge in [0, 0.05) is 5.56 Å². The van der Waals surface area contributed by atoms with Crippen molar-refractivity contribution in [3.05, 3.63) is 58.7 Å². The van der Waals surface area contributed by atoms with Gasteiger partial charge >= 0.3 is 0 Å². The Labute approximate surface area is 105 Å². The Morgan fingerprint density at radius 2 is 1.78 bits per heavy atom. The minimum Gasteiger partial charge on any atom is -0.289 e. The number of ketones is 1. The summed E-state index contributed by atoms with van der Waals surface area (Å²) in [5, 5.41) is 2.51. The van der Waals surface area contributed by atoms with E-state index in [9.17, 15) is 4.79 Å². The predicted molar refractivity (Wildman–Crippen MR) is 74.7 cm³/mol. The van der Waals surface area contributed by atoms with Crippen molar-refractivity contribution in [2.45, 2.75) is 12.8 Å². The third kappa shape index (κ3) is 1.19. The first kappa shape index (κ1) is 9.84. The molecule has 2 aromatic carbocycles. The highest BCUT2D eigenvalue weighted by molar-refractivity contribution is 6.18. The molecule has 18 heavy (non-hydrogen) atoms. The fourth-order valence-electron chi connectivity index (χ4n) is 3.02. The van der Waals surface area contributed by atoms with Crippen molar-refractivity contribution >= 4 is 28.7 Å². The topological polar surface area (TPSA) is 17.1 Å². The van der Waals surface area contributed by atoms with Crippen LogP contribution in [0.15, 0.2) is 36.4 Å². The Morgan fingerprint density at radius 3 is 2.72 bits per heavy atom. The molecule has 86 valence electrons. The van der Waals surface area contributed by atoms with Gasteiger partial charge in [-0.2, -0.15) is 0 Å². The molecule has 0 fully saturated rings. The third-order valence-electron chi connectivity index (χ3n) is 3.92. The summed E-state index contributed by atoms with van der Waals surface area (Å²) >= 11 is 0. The molecule has 0 bridgehead atoms. The standard InChI is InChI=1S/C17H12O/c18-17-10-9-15-14-6-5-11-3-1-2-4-12(11)13(14)7-8-16(15)17/h1,3,5-10H,2,4H2. The number of hydrogen-bond acceptors (Lipinski definition) is 1. The highest BCUT2D eigenvalue weighted by Gasteiger charge is 2.18. The van der Waals surface area contributed by atoms with Crippen molar-refractivity contribution in [3.63, 3.8) is 0 Å². The van der Waals surface area contributed by atoms with Gasteiger partial charge in [-0.15, -0.1) is 0 Å². The van der Waals surface area contributed by atoms with E-state index in [4.69, 9.17) is 0 Å². The third-order valence-corrected chi connectivity index (χ3v) is 3.92. The van der Waals surface area contributed by atoms with E-state index in [0.717, 1.165) is 24.0 Å². The SMILES string of the molecule is O=C1C=Cc2c1ccc1c3c(ccc21)C=CCC3. The Bertz CT molecular complexity index is 748. The highest BCUT2D eigenvalue weighted by Crippen LogP contribution is 2.34. The second-order valence-corrected chi connectivity index (χ2v) is 4.89. The molecule has 0 aliphatic heterocycles. The van der Waals surface area contributed by atoms with E-state index in [0.29, 0.717) is 0 Å². The summed E-state index contributed by atoms with van der Waals surface area (Å²) in [5.41, 5.74) is 4.68. The zero-order valence-corrected chi connectivity index (χ0v) is 9.94. The lowest BCUT2D eigenvalue weighted by Gasteiger charge is -2.15. The summed E-state index contributed by atoms with van der Waals surface area (Å²) in [7, 11) is 0. The van der Waals surface area contributed by atoms with Crippen LogP contribution < -0.4 is 0 Å². The molecule has 0 saturated carbocycles. The predicted octanol–water partition coefficient (Wildman–Crippen LogP) is 4.01. The molecule has 0 unspecified atom stereocenters. The van der Waals surface area contributed by atoms with Crippen molar-refractivity contribution in [2.24, 2.45) is 0 Å². The van der Waals surface area contributed by atoms with Crippen LogP contribution in [0.1, 0.15) is 33.5 Å². The number of fused-ring (bicyclic) bond motifs is 5. The van der Waals surface area contributed by atoms with Gasteiger partial charge in [-0.3, -0.25) is 4.79 Å². The minimum atomic E-state index is 0.129. The van der Waals surface area contributed by atoms with Gasteiger partial charge in [0.25, 0.3) is 0 Å². The first-order chi connectivity index (χ1) is 8.84. The van der Waals surface area contributed by atoms with Crippen LogP contribution in [0.2, 0.25) is 0 Å². The van der Waals surface area contributed by atoms with Crippen molar-refractivity contribution in [2.75, 3.05) is 0 Å². The van der Waals surface area contributed by atoms with Gasteiger partial charge in [0.05, 0.1) is 0 Å². The maximum Gasteiger partial charge on any atom is 0.186 e. The lowest BCUT2D eigenvalue weighted by molar-refractivity contribution is 0.105. The fourth-order valence-corrected chi connectivity index (χ4v) is 3.02. The maximum atomic E-state index is 11.7. The van der Waals surface area contributed by atoms with Crippen LogP contribution in [-0.4, -0.2) is 5.78 Å². The molecule has 0 spiro atoms. The smallest absolute Gasteiger partial charge is 0.186 e. The molecule has 4 rings (SSSR count). The highest BCUT2D eigenvalue weighted by atomic mass is 16.1.